The van der Waals surface area contributed by atoms with Gasteiger partial charge in [-0.15, -0.1) is 6.54 Å². The molecule has 4 heteroatoms. The molecule has 0 bridgehead atoms. The van der Waals surface area contributed by atoms with Gasteiger partial charge in [0.15, 0.2) is 0 Å². The third-order valence-electron chi connectivity index (χ3n) is 0.227. The largest absolute Gasteiger partial charge is 2.00 e. The summed E-state index contributed by atoms with van der Waals surface area (Å²) in [5.41, 5.74) is 0. The molecule has 0 aromatic carbocycles. The molecule has 0 heterocycles. The van der Waals surface area contributed by atoms with Crippen molar-refractivity contribution in [1.82, 2.24) is 5.09 Å². The molecule has 0 spiro atoms. The molecule has 0 aliphatic rings. The van der Waals surface area contributed by atoms with E-state index in [9.17, 15) is 0 Å². The molecule has 0 aromatic heterocycles. The quantitative estimate of drug-likeness (QED) is 0.586. The molecule has 6 heavy (non-hydrogen) atoms. The second-order valence-electron chi connectivity index (χ2n) is 0.571. The van der Waals surface area contributed by atoms with Crippen molar-refractivity contribution in [3.63, 3.8) is 0 Å². The van der Waals surface area contributed by atoms with Crippen molar-refractivity contribution in [3.8, 4) is 0 Å². The van der Waals surface area contributed by atoms with E-state index in [0.717, 1.165) is 15.0 Å². The molecule has 2 unspecified atom stereocenters. The Morgan fingerprint density at radius 2 is 2.33 bits per heavy atom. The van der Waals surface area contributed by atoms with Crippen LogP contribution in [0, 0.1) is 6.92 Å². The Kier molecular flexibility index (Phi) is 17.0. The maximum atomic E-state index is 3.56. The summed E-state index contributed by atoms with van der Waals surface area (Å²) in [6.07, 6.45) is 0. The van der Waals surface area contributed by atoms with Crippen LogP contribution in [0.3, 0.4) is 0 Å². The normalized spacial score (nSPS) is 9.00. The Labute approximate surface area is 57.2 Å². The van der Waals surface area contributed by atoms with E-state index in [1.807, 2.05) is 0 Å². The van der Waals surface area contributed by atoms with Crippen LogP contribution in [0.5, 0.6) is 0 Å². The molecule has 1 N–H and O–H groups in total. The van der Waals surface area contributed by atoms with E-state index in [4.69, 9.17) is 0 Å². The summed E-state index contributed by atoms with van der Waals surface area (Å²) in [6.45, 7) is 4.39. The van der Waals surface area contributed by atoms with Gasteiger partial charge in [-0.25, -0.2) is 0 Å². The summed E-state index contributed by atoms with van der Waals surface area (Å²) in [4.78, 5) is 0. The summed E-state index contributed by atoms with van der Waals surface area (Å²) in [5.74, 6) is 0. The molecule has 0 fully saturated rings. The fourth-order valence-corrected chi connectivity index (χ4v) is 0.650. The third-order valence-corrected chi connectivity index (χ3v) is 1.29. The molecule has 0 amide bonds. The van der Waals surface area contributed by atoms with Gasteiger partial charge in [-0.1, -0.05) is 8.93 Å². The van der Waals surface area contributed by atoms with Gasteiger partial charge in [0.25, 0.3) is 0 Å². The predicted octanol–water partition coefficient (Wildman–Crippen LogP) is 0.791. The second kappa shape index (κ2) is 9.72. The Balaban J connectivity index is 0. The smallest absolute Gasteiger partial charge is 0.330 e. The van der Waals surface area contributed by atoms with Gasteiger partial charge in [0.05, 0.1) is 0 Å². The molecular weight excluding hydrogens is 284 g/mol. The Bertz CT molecular complexity index is 19.0. The summed E-state index contributed by atoms with van der Waals surface area (Å²) in [5, 5.41) is 2.99. The van der Waals surface area contributed by atoms with Gasteiger partial charge in [0.1, 0.15) is 0 Å². The number of rotatable bonds is 2. The number of hydrogen-bond donors (Lipinski definition) is 1. The van der Waals surface area contributed by atoms with Crippen molar-refractivity contribution in [2.24, 2.45) is 0 Å². The monoisotopic (exact) mass is 292 g/mol. The van der Waals surface area contributed by atoms with Crippen LogP contribution in [0.15, 0.2) is 0 Å². The van der Waals surface area contributed by atoms with Crippen LogP contribution in [0.2, 0.25) is 0 Å². The number of hydrogen-bond acceptors (Lipinski definition) is 1. The predicted molar refractivity (Wildman–Crippen MR) is 31.4 cm³/mol. The summed E-state index contributed by atoms with van der Waals surface area (Å²) < 4.78 is 0. The van der Waals surface area contributed by atoms with Crippen LogP contribution in [0.4, 0.5) is 0 Å². The average Bonchev–Trinajstić information content (AvgIpc) is 1.41. The van der Waals surface area contributed by atoms with E-state index < -0.39 is 0 Å². The minimum absolute atomic E-state index is 0. The zero-order chi connectivity index (χ0) is 4.12. The van der Waals surface area contributed by atoms with Crippen LogP contribution in [-0.4, -0.2) is 6.54 Å². The van der Waals surface area contributed by atoms with Gasteiger partial charge in [0, 0.05) is 0 Å². The topological polar surface area (TPSA) is 12.0 Å². The van der Waals surface area contributed by atoms with Crippen LogP contribution >= 0.6 is 17.3 Å². The van der Waals surface area contributed by atoms with E-state index in [2.05, 4.69) is 20.9 Å². The Hall–Kier alpha value is 1.51. The van der Waals surface area contributed by atoms with E-state index >= 15 is 0 Å². The van der Waals surface area contributed by atoms with Crippen molar-refractivity contribution in [2.45, 2.75) is 0 Å². The van der Waals surface area contributed by atoms with Crippen molar-refractivity contribution in [1.29, 1.82) is 0 Å². The van der Waals surface area contributed by atoms with Gasteiger partial charge in [-0.3, -0.25) is 0 Å². The van der Waals surface area contributed by atoms with Crippen LogP contribution in [0.25, 0.3) is 0 Å². The first kappa shape index (κ1) is 10.5. The zero-order valence-electron chi connectivity index (χ0n) is 3.40. The van der Waals surface area contributed by atoms with Crippen LogP contribution in [0.1, 0.15) is 0 Å². The maximum absolute atomic E-state index is 3.56. The summed E-state index contributed by atoms with van der Waals surface area (Å²) in [6, 6.07) is 0. The molecule has 0 radical (unpaired) electrons. The molecule has 0 saturated heterocycles. The van der Waals surface area contributed by atoms with Gasteiger partial charge < -0.3 is 12.0 Å². The first-order valence-corrected chi connectivity index (χ1v) is 4.20. The molecule has 0 aliphatic heterocycles. The van der Waals surface area contributed by atoms with Gasteiger partial charge in [-0.2, -0.15) is 0 Å². The molecular formula is C2H8NP2W+. The molecule has 0 rings (SSSR count). The fourth-order valence-electron chi connectivity index (χ4n) is 0.0722. The average molecular weight is 292 g/mol. The number of nitrogens with one attached hydrogen (secondary N) is 1. The van der Waals surface area contributed by atoms with E-state index in [0.29, 0.717) is 0 Å². The SMILES string of the molecule is [CH2-]CNPP.[W+2]. The molecule has 1 nitrogen and oxygen atoms in total. The van der Waals surface area contributed by atoms with Gasteiger partial charge >= 0.3 is 21.1 Å². The Morgan fingerprint density at radius 1 is 1.83 bits per heavy atom. The van der Waals surface area contributed by atoms with Crippen LogP contribution in [-0.2, 0) is 21.1 Å². The standard InChI is InChI=1S/C2H8NP2.W/c1-2-3-5-4;/h3,5H,1-2,4H2;/q-1;+2. The summed E-state index contributed by atoms with van der Waals surface area (Å²) >= 11 is 0. The molecule has 0 aliphatic carbocycles. The van der Waals surface area contributed by atoms with Crippen molar-refractivity contribution in [3.05, 3.63) is 6.92 Å². The maximum Gasteiger partial charge on any atom is 2.00 e. The second-order valence-corrected chi connectivity index (χ2v) is 2.08. The van der Waals surface area contributed by atoms with Gasteiger partial charge in [-0.05, 0) is 8.42 Å². The van der Waals surface area contributed by atoms with E-state index in [-0.39, 0.29) is 21.1 Å². The van der Waals surface area contributed by atoms with Crippen molar-refractivity contribution >= 4 is 17.3 Å². The first-order valence-electron chi connectivity index (χ1n) is 1.39. The molecule has 0 saturated carbocycles. The molecule has 36 valence electrons. The Morgan fingerprint density at radius 3 is 2.33 bits per heavy atom. The fraction of sp³-hybridized carbons (Fsp3) is 0.500. The van der Waals surface area contributed by atoms with Crippen molar-refractivity contribution in [2.75, 3.05) is 6.54 Å². The minimum Gasteiger partial charge on any atom is -0.330 e. The molecule has 2 atom stereocenters. The summed E-state index contributed by atoms with van der Waals surface area (Å²) in [7, 11) is 3.34. The molecule has 0 aromatic rings. The van der Waals surface area contributed by atoms with Crippen molar-refractivity contribution < 1.29 is 21.1 Å². The minimum atomic E-state index is 0. The third kappa shape index (κ3) is 9.10. The van der Waals surface area contributed by atoms with E-state index in [1.165, 1.54) is 0 Å². The van der Waals surface area contributed by atoms with E-state index in [1.54, 1.807) is 0 Å². The first-order chi connectivity index (χ1) is 2.41. The van der Waals surface area contributed by atoms with Crippen LogP contribution < -0.4 is 5.09 Å². The van der Waals surface area contributed by atoms with Gasteiger partial charge in [0.2, 0.25) is 0 Å². The zero-order valence-corrected chi connectivity index (χ0v) is 8.49.